The van der Waals surface area contributed by atoms with Crippen LogP contribution in [0.4, 0.5) is 0 Å². The monoisotopic (exact) mass is 610 g/mol. The van der Waals surface area contributed by atoms with Crippen LogP contribution in [0.15, 0.2) is 42.7 Å². The summed E-state index contributed by atoms with van der Waals surface area (Å²) in [5, 5.41) is 2.98. The van der Waals surface area contributed by atoms with Gasteiger partial charge < -0.3 is 38.8 Å². The number of pyridine rings is 1. The van der Waals surface area contributed by atoms with E-state index in [2.05, 4.69) is 23.7 Å². The Hall–Kier alpha value is -1.83. The summed E-state index contributed by atoms with van der Waals surface area (Å²) in [5.74, 6) is 1.13. The van der Waals surface area contributed by atoms with Crippen molar-refractivity contribution in [2.45, 2.75) is 104 Å². The van der Waals surface area contributed by atoms with Gasteiger partial charge in [0.15, 0.2) is 12.4 Å². The number of methoxy groups -OCH3 is 1. The van der Waals surface area contributed by atoms with E-state index in [1.165, 1.54) is 70.6 Å². The average Bonchev–Trinajstić information content (AvgIpc) is 2.89. The molecular formula is C30H47IN2O3. The van der Waals surface area contributed by atoms with Crippen molar-refractivity contribution in [2.75, 3.05) is 13.7 Å². The largest absolute Gasteiger partial charge is 1.00 e. The third kappa shape index (κ3) is 12.9. The lowest BCUT2D eigenvalue weighted by molar-refractivity contribution is -0.694. The molecule has 1 amide bonds. The van der Waals surface area contributed by atoms with E-state index in [0.717, 1.165) is 24.3 Å². The van der Waals surface area contributed by atoms with Crippen LogP contribution in [0.3, 0.4) is 0 Å². The molecule has 6 heteroatoms. The van der Waals surface area contributed by atoms with Crippen molar-refractivity contribution in [1.82, 2.24) is 5.32 Å². The molecule has 2 aromatic rings. The molecule has 0 unspecified atom stereocenters. The maximum Gasteiger partial charge on any atom is 0.255 e. The van der Waals surface area contributed by atoms with E-state index in [1.807, 2.05) is 36.7 Å². The van der Waals surface area contributed by atoms with E-state index >= 15 is 0 Å². The highest BCUT2D eigenvalue weighted by atomic mass is 127. The van der Waals surface area contributed by atoms with Gasteiger partial charge in [0.2, 0.25) is 0 Å². The Morgan fingerprint density at radius 2 is 1.53 bits per heavy atom. The van der Waals surface area contributed by atoms with Gasteiger partial charge in [-0.15, -0.1) is 0 Å². The Morgan fingerprint density at radius 1 is 0.889 bits per heavy atom. The molecule has 0 spiro atoms. The minimum atomic E-state index is -0.152. The van der Waals surface area contributed by atoms with Gasteiger partial charge in [-0.05, 0) is 31.5 Å². The van der Waals surface area contributed by atoms with Crippen molar-refractivity contribution in [1.29, 1.82) is 0 Å². The molecule has 1 aromatic heterocycles. The van der Waals surface area contributed by atoms with Crippen LogP contribution in [-0.4, -0.2) is 19.6 Å². The van der Waals surface area contributed by atoms with Gasteiger partial charge in [0.1, 0.15) is 18.0 Å². The fourth-order valence-corrected chi connectivity index (χ4v) is 4.24. The molecule has 0 aliphatic heterocycles. The minimum Gasteiger partial charge on any atom is -1.00 e. The normalized spacial score (nSPS) is 10.5. The topological polar surface area (TPSA) is 51.4 Å². The predicted molar refractivity (Wildman–Crippen MR) is 143 cm³/mol. The molecule has 0 saturated heterocycles. The zero-order valence-electron chi connectivity index (χ0n) is 22.7. The molecule has 2 rings (SSSR count). The van der Waals surface area contributed by atoms with Gasteiger partial charge >= 0.3 is 0 Å². The summed E-state index contributed by atoms with van der Waals surface area (Å²) in [6, 6.07) is 9.45. The van der Waals surface area contributed by atoms with Crippen LogP contribution in [0.1, 0.15) is 107 Å². The number of unbranched alkanes of at least 4 members (excludes halogenated alkanes) is 11. The Balaban J connectivity index is 0.00000648. The van der Waals surface area contributed by atoms with Crippen LogP contribution in [0.2, 0.25) is 0 Å². The van der Waals surface area contributed by atoms with Crippen molar-refractivity contribution in [2.24, 2.45) is 0 Å². The molecule has 1 aromatic carbocycles. The van der Waals surface area contributed by atoms with Gasteiger partial charge in [-0.25, -0.2) is 4.57 Å². The quantitative estimate of drug-likeness (QED) is 0.149. The van der Waals surface area contributed by atoms with E-state index in [-0.39, 0.29) is 29.9 Å². The SMILES string of the molecule is CCCCCCCCCCCCCCOc1ccc(C(=O)NCc2ccc[n+](CC)c2)c(OC)c1.[I-]. The molecule has 0 aliphatic rings. The molecule has 0 bridgehead atoms. The zero-order valence-corrected chi connectivity index (χ0v) is 24.9. The molecule has 0 aliphatic carbocycles. The van der Waals surface area contributed by atoms with Gasteiger partial charge in [0, 0.05) is 24.2 Å². The van der Waals surface area contributed by atoms with Crippen molar-refractivity contribution in [3.63, 3.8) is 0 Å². The van der Waals surface area contributed by atoms with Crippen molar-refractivity contribution in [3.05, 3.63) is 53.9 Å². The number of benzene rings is 1. The van der Waals surface area contributed by atoms with E-state index in [9.17, 15) is 4.79 Å². The second-order valence-corrected chi connectivity index (χ2v) is 9.32. The maximum absolute atomic E-state index is 12.7. The van der Waals surface area contributed by atoms with Crippen LogP contribution in [-0.2, 0) is 13.1 Å². The second kappa shape index (κ2) is 20.3. The summed E-state index contributed by atoms with van der Waals surface area (Å²) in [5.41, 5.74) is 1.58. The fraction of sp³-hybridized carbons (Fsp3) is 0.600. The Bertz CT molecular complexity index is 860. The number of nitrogens with one attached hydrogen (secondary N) is 1. The third-order valence-electron chi connectivity index (χ3n) is 6.42. The number of carbonyl (C=O) groups is 1. The number of carbonyl (C=O) groups excluding carboxylic acids is 1. The van der Waals surface area contributed by atoms with E-state index in [4.69, 9.17) is 9.47 Å². The number of hydrogen-bond acceptors (Lipinski definition) is 3. The Kier molecular flexibility index (Phi) is 18.1. The van der Waals surface area contributed by atoms with E-state index in [0.29, 0.717) is 24.5 Å². The zero-order chi connectivity index (χ0) is 25.1. The van der Waals surface area contributed by atoms with Crippen LogP contribution < -0.4 is 43.3 Å². The van der Waals surface area contributed by atoms with E-state index < -0.39 is 0 Å². The molecule has 0 radical (unpaired) electrons. The van der Waals surface area contributed by atoms with Gasteiger partial charge in [-0.3, -0.25) is 4.79 Å². The molecule has 0 saturated carbocycles. The number of nitrogens with zero attached hydrogens (tertiary/aromatic N) is 1. The van der Waals surface area contributed by atoms with Crippen molar-refractivity contribution < 1.29 is 42.8 Å². The molecule has 0 fully saturated rings. The maximum atomic E-state index is 12.7. The second-order valence-electron chi connectivity index (χ2n) is 9.32. The lowest BCUT2D eigenvalue weighted by Crippen LogP contribution is -3.00. The number of amides is 1. The summed E-state index contributed by atoms with van der Waals surface area (Å²) in [6.45, 7) is 6.43. The minimum absolute atomic E-state index is 0. The first-order valence-electron chi connectivity index (χ1n) is 13.7. The number of halogens is 1. The molecule has 202 valence electrons. The molecule has 1 N–H and O–H groups in total. The summed E-state index contributed by atoms with van der Waals surface area (Å²) in [4.78, 5) is 12.7. The molecular weight excluding hydrogens is 563 g/mol. The van der Waals surface area contributed by atoms with E-state index in [1.54, 1.807) is 13.2 Å². The molecule has 5 nitrogen and oxygen atoms in total. The summed E-state index contributed by atoms with van der Waals surface area (Å²) >= 11 is 0. The highest BCUT2D eigenvalue weighted by molar-refractivity contribution is 5.97. The first-order chi connectivity index (χ1) is 17.2. The summed E-state index contributed by atoms with van der Waals surface area (Å²) < 4.78 is 13.5. The number of aromatic nitrogens is 1. The molecule has 36 heavy (non-hydrogen) atoms. The van der Waals surface area contributed by atoms with Gasteiger partial charge in [-0.1, -0.05) is 77.6 Å². The number of hydrogen-bond donors (Lipinski definition) is 1. The Labute approximate surface area is 236 Å². The van der Waals surface area contributed by atoms with Crippen LogP contribution in [0, 0.1) is 0 Å². The highest BCUT2D eigenvalue weighted by Gasteiger charge is 2.14. The average molecular weight is 611 g/mol. The van der Waals surface area contributed by atoms with Gasteiger partial charge in [-0.2, -0.15) is 0 Å². The summed E-state index contributed by atoms with van der Waals surface area (Å²) in [7, 11) is 1.59. The summed E-state index contributed by atoms with van der Waals surface area (Å²) in [6.07, 6.45) is 20.0. The van der Waals surface area contributed by atoms with Crippen LogP contribution in [0.5, 0.6) is 11.5 Å². The smallest absolute Gasteiger partial charge is 0.255 e. The number of aryl methyl sites for hydroxylation is 1. The Morgan fingerprint density at radius 3 is 2.14 bits per heavy atom. The van der Waals surface area contributed by atoms with Crippen LogP contribution >= 0.6 is 0 Å². The number of rotatable bonds is 19. The third-order valence-corrected chi connectivity index (χ3v) is 6.42. The van der Waals surface area contributed by atoms with Gasteiger partial charge in [0.25, 0.3) is 5.91 Å². The first kappa shape index (κ1) is 32.2. The van der Waals surface area contributed by atoms with Crippen LogP contribution in [0.25, 0.3) is 0 Å². The number of ether oxygens (including phenoxy) is 2. The highest BCUT2D eigenvalue weighted by Crippen LogP contribution is 2.25. The lowest BCUT2D eigenvalue weighted by Gasteiger charge is -2.12. The lowest BCUT2D eigenvalue weighted by atomic mass is 10.1. The standard InChI is InChI=1S/C30H46N2O3.HI/c1-4-6-7-8-9-10-11-12-13-14-15-16-22-35-27-19-20-28(29(23-27)34-3)30(33)31-24-26-18-17-21-32(5-2)25-26;/h17-21,23,25H,4-16,22,24H2,1-3H3;1H. The molecule has 1 heterocycles. The molecule has 0 atom stereocenters. The predicted octanol–water partition coefficient (Wildman–Crippen LogP) is 4.02. The van der Waals surface area contributed by atoms with Gasteiger partial charge in [0.05, 0.1) is 19.3 Å². The first-order valence-corrected chi connectivity index (χ1v) is 13.7. The fourth-order valence-electron chi connectivity index (χ4n) is 4.24. The van der Waals surface area contributed by atoms with Crippen molar-refractivity contribution >= 4 is 5.91 Å². The van der Waals surface area contributed by atoms with Crippen molar-refractivity contribution in [3.8, 4) is 11.5 Å².